The van der Waals surface area contributed by atoms with Crippen molar-refractivity contribution >= 4 is 5.91 Å². The van der Waals surface area contributed by atoms with Crippen LogP contribution in [0.2, 0.25) is 0 Å². The predicted molar refractivity (Wildman–Crippen MR) is 68.4 cm³/mol. The molecule has 1 N–H and O–H groups in total. The summed E-state index contributed by atoms with van der Waals surface area (Å²) in [5, 5.41) is 3.31. The standard InChI is InChI=1S/C14H15N3O/c18-14(9-11-1-5-15-6-2-11)17-8-4-12-10-16-7-3-13(12)17/h1-2,4-6,8,16H,3,7,9-10H2. The number of nitrogens with zero attached hydrogens (tertiary/aromatic N) is 2. The maximum atomic E-state index is 12.3. The van der Waals surface area contributed by atoms with Gasteiger partial charge in [0.05, 0.1) is 6.42 Å². The lowest BCUT2D eigenvalue weighted by Gasteiger charge is -2.15. The summed E-state index contributed by atoms with van der Waals surface area (Å²) in [7, 11) is 0. The summed E-state index contributed by atoms with van der Waals surface area (Å²) in [5.74, 6) is 0.129. The number of pyridine rings is 1. The molecule has 0 unspecified atom stereocenters. The van der Waals surface area contributed by atoms with Crippen molar-refractivity contribution < 1.29 is 4.79 Å². The highest BCUT2D eigenvalue weighted by Crippen LogP contribution is 2.16. The van der Waals surface area contributed by atoms with Crippen molar-refractivity contribution in [2.24, 2.45) is 0 Å². The Balaban J connectivity index is 1.83. The van der Waals surface area contributed by atoms with E-state index in [1.165, 1.54) is 5.56 Å². The van der Waals surface area contributed by atoms with Gasteiger partial charge in [0.2, 0.25) is 5.91 Å². The second-order valence-electron chi connectivity index (χ2n) is 4.51. The third-order valence-corrected chi connectivity index (χ3v) is 3.31. The van der Waals surface area contributed by atoms with Crippen molar-refractivity contribution in [3.63, 3.8) is 0 Å². The van der Waals surface area contributed by atoms with Crippen LogP contribution in [0.25, 0.3) is 0 Å². The quantitative estimate of drug-likeness (QED) is 0.864. The van der Waals surface area contributed by atoms with Crippen molar-refractivity contribution in [1.29, 1.82) is 0 Å². The molecule has 0 saturated carbocycles. The molecule has 0 saturated heterocycles. The molecule has 1 aliphatic rings. The Morgan fingerprint density at radius 3 is 3.00 bits per heavy atom. The lowest BCUT2D eigenvalue weighted by molar-refractivity contribution is 0.0911. The summed E-state index contributed by atoms with van der Waals surface area (Å²) in [6.07, 6.45) is 6.68. The van der Waals surface area contributed by atoms with Crippen LogP contribution in [0.15, 0.2) is 36.8 Å². The second kappa shape index (κ2) is 4.74. The minimum absolute atomic E-state index is 0.129. The predicted octanol–water partition coefficient (Wildman–Crippen LogP) is 1.41. The molecule has 0 spiro atoms. The van der Waals surface area contributed by atoms with Gasteiger partial charge in [-0.3, -0.25) is 14.3 Å². The minimum atomic E-state index is 0.129. The van der Waals surface area contributed by atoms with Gasteiger partial charge in [-0.1, -0.05) is 0 Å². The molecule has 0 bridgehead atoms. The van der Waals surface area contributed by atoms with Gasteiger partial charge >= 0.3 is 0 Å². The fourth-order valence-corrected chi connectivity index (χ4v) is 2.37. The third kappa shape index (κ3) is 2.07. The van der Waals surface area contributed by atoms with E-state index in [0.29, 0.717) is 6.42 Å². The first-order valence-corrected chi connectivity index (χ1v) is 6.16. The van der Waals surface area contributed by atoms with Crippen LogP contribution in [0.3, 0.4) is 0 Å². The van der Waals surface area contributed by atoms with Gasteiger partial charge in [0.15, 0.2) is 0 Å². The lowest BCUT2D eigenvalue weighted by atomic mass is 10.1. The Morgan fingerprint density at radius 1 is 1.33 bits per heavy atom. The fraction of sp³-hybridized carbons (Fsp3) is 0.286. The summed E-state index contributed by atoms with van der Waals surface area (Å²) >= 11 is 0. The fourth-order valence-electron chi connectivity index (χ4n) is 2.37. The zero-order valence-electron chi connectivity index (χ0n) is 10.1. The average Bonchev–Trinajstić information content (AvgIpc) is 2.84. The first kappa shape index (κ1) is 11.2. The Hall–Kier alpha value is -1.94. The lowest BCUT2D eigenvalue weighted by Crippen LogP contribution is -2.26. The van der Waals surface area contributed by atoms with E-state index in [1.807, 2.05) is 24.4 Å². The molecule has 3 rings (SSSR count). The van der Waals surface area contributed by atoms with Gasteiger partial charge in [-0.25, -0.2) is 0 Å². The van der Waals surface area contributed by atoms with E-state index in [0.717, 1.165) is 30.8 Å². The van der Waals surface area contributed by atoms with Crippen molar-refractivity contribution in [3.8, 4) is 0 Å². The first-order chi connectivity index (χ1) is 8.84. The van der Waals surface area contributed by atoms with E-state index < -0.39 is 0 Å². The van der Waals surface area contributed by atoms with Crippen molar-refractivity contribution in [2.45, 2.75) is 19.4 Å². The molecule has 0 atom stereocenters. The number of aromatic nitrogens is 2. The number of rotatable bonds is 2. The topological polar surface area (TPSA) is 46.9 Å². The molecule has 0 radical (unpaired) electrons. The van der Waals surface area contributed by atoms with Crippen LogP contribution >= 0.6 is 0 Å². The summed E-state index contributed by atoms with van der Waals surface area (Å²) < 4.78 is 1.80. The Bertz CT molecular complexity index is 560. The van der Waals surface area contributed by atoms with E-state index in [-0.39, 0.29) is 5.91 Å². The summed E-state index contributed by atoms with van der Waals surface area (Å²) in [5.41, 5.74) is 3.41. The largest absolute Gasteiger partial charge is 0.312 e. The molecule has 92 valence electrons. The van der Waals surface area contributed by atoms with E-state index in [2.05, 4.69) is 10.3 Å². The summed E-state index contributed by atoms with van der Waals surface area (Å²) in [6.45, 7) is 1.81. The van der Waals surface area contributed by atoms with Gasteiger partial charge in [-0.15, -0.1) is 0 Å². The molecule has 1 aliphatic heterocycles. The van der Waals surface area contributed by atoms with Crippen LogP contribution in [-0.2, 0) is 19.4 Å². The Labute approximate surface area is 106 Å². The monoisotopic (exact) mass is 241 g/mol. The maximum absolute atomic E-state index is 12.3. The van der Waals surface area contributed by atoms with Gasteiger partial charge in [0.1, 0.15) is 0 Å². The number of carbonyl (C=O) groups excluding carboxylic acids is 1. The zero-order chi connectivity index (χ0) is 12.4. The van der Waals surface area contributed by atoms with Crippen molar-refractivity contribution in [3.05, 3.63) is 53.6 Å². The molecule has 2 aromatic heterocycles. The SMILES string of the molecule is O=C(Cc1ccncc1)n1ccc2c1CCNC2. The Kier molecular flexibility index (Phi) is 2.94. The molecule has 3 heterocycles. The smallest absolute Gasteiger partial charge is 0.235 e. The van der Waals surface area contributed by atoms with E-state index in [4.69, 9.17) is 0 Å². The van der Waals surface area contributed by atoms with Crippen molar-refractivity contribution in [2.75, 3.05) is 6.54 Å². The van der Waals surface area contributed by atoms with Crippen LogP contribution < -0.4 is 5.32 Å². The minimum Gasteiger partial charge on any atom is -0.312 e. The van der Waals surface area contributed by atoms with Crippen LogP contribution in [0, 0.1) is 0 Å². The number of fused-ring (bicyclic) bond motifs is 1. The molecule has 4 nitrogen and oxygen atoms in total. The molecule has 0 amide bonds. The molecular formula is C14H15N3O. The van der Waals surface area contributed by atoms with Gasteiger partial charge in [-0.2, -0.15) is 0 Å². The molecular weight excluding hydrogens is 226 g/mol. The molecule has 0 fully saturated rings. The third-order valence-electron chi connectivity index (χ3n) is 3.31. The highest BCUT2D eigenvalue weighted by atomic mass is 16.2. The van der Waals surface area contributed by atoms with Gasteiger partial charge in [-0.05, 0) is 29.3 Å². The van der Waals surface area contributed by atoms with Crippen LogP contribution in [0.5, 0.6) is 0 Å². The summed E-state index contributed by atoms with van der Waals surface area (Å²) in [6, 6.07) is 5.80. The molecule has 0 aromatic carbocycles. The molecule has 18 heavy (non-hydrogen) atoms. The highest BCUT2D eigenvalue weighted by Gasteiger charge is 2.17. The zero-order valence-corrected chi connectivity index (χ0v) is 10.1. The second-order valence-corrected chi connectivity index (χ2v) is 4.51. The van der Waals surface area contributed by atoms with Crippen LogP contribution in [0.1, 0.15) is 21.6 Å². The number of hydrogen-bond donors (Lipinski definition) is 1. The van der Waals surface area contributed by atoms with Gasteiger partial charge in [0.25, 0.3) is 0 Å². The number of carbonyl (C=O) groups is 1. The average molecular weight is 241 g/mol. The van der Waals surface area contributed by atoms with Gasteiger partial charge in [0, 0.05) is 43.8 Å². The maximum Gasteiger partial charge on any atom is 0.235 e. The Morgan fingerprint density at radius 2 is 2.17 bits per heavy atom. The normalized spacial score (nSPS) is 14.2. The van der Waals surface area contributed by atoms with E-state index in [9.17, 15) is 4.79 Å². The van der Waals surface area contributed by atoms with Crippen LogP contribution in [0.4, 0.5) is 0 Å². The van der Waals surface area contributed by atoms with Gasteiger partial charge < -0.3 is 5.32 Å². The number of hydrogen-bond acceptors (Lipinski definition) is 3. The first-order valence-electron chi connectivity index (χ1n) is 6.16. The van der Waals surface area contributed by atoms with Crippen LogP contribution in [-0.4, -0.2) is 22.0 Å². The molecule has 0 aliphatic carbocycles. The summed E-state index contributed by atoms with van der Waals surface area (Å²) in [4.78, 5) is 16.2. The van der Waals surface area contributed by atoms with E-state index in [1.54, 1.807) is 17.0 Å². The number of nitrogens with one attached hydrogen (secondary N) is 1. The highest BCUT2D eigenvalue weighted by molar-refractivity contribution is 5.82. The molecule has 2 aromatic rings. The van der Waals surface area contributed by atoms with E-state index >= 15 is 0 Å². The van der Waals surface area contributed by atoms with Crippen molar-refractivity contribution in [1.82, 2.24) is 14.9 Å². The molecule has 4 heteroatoms.